The number of aryl methyl sites for hydroxylation is 1. The number of rotatable bonds is 5. The van der Waals surface area contributed by atoms with Gasteiger partial charge in [-0.2, -0.15) is 0 Å². The number of carbonyl (C=O) groups excluding carboxylic acids is 1. The fourth-order valence-corrected chi connectivity index (χ4v) is 2.93. The highest BCUT2D eigenvalue weighted by atomic mass is 16.3. The van der Waals surface area contributed by atoms with E-state index in [9.17, 15) is 4.79 Å². The summed E-state index contributed by atoms with van der Waals surface area (Å²) in [7, 11) is 0. The van der Waals surface area contributed by atoms with E-state index in [1.54, 1.807) is 0 Å². The van der Waals surface area contributed by atoms with Gasteiger partial charge in [0, 0.05) is 12.6 Å². The van der Waals surface area contributed by atoms with Gasteiger partial charge in [0.2, 0.25) is 5.91 Å². The van der Waals surface area contributed by atoms with Crippen LogP contribution in [0.1, 0.15) is 36.8 Å². The minimum atomic E-state index is 0.0516. The van der Waals surface area contributed by atoms with Crippen LogP contribution in [0.25, 0.3) is 0 Å². The van der Waals surface area contributed by atoms with Crippen LogP contribution >= 0.6 is 0 Å². The topological polar surface area (TPSA) is 40.5 Å². The molecule has 1 fully saturated rings. The number of aliphatic hydroxyl groups is 1. The lowest BCUT2D eigenvalue weighted by molar-refractivity contribution is -0.133. The summed E-state index contributed by atoms with van der Waals surface area (Å²) in [4.78, 5) is 14.3. The van der Waals surface area contributed by atoms with Crippen LogP contribution in [0.2, 0.25) is 0 Å². The second kappa shape index (κ2) is 6.71. The van der Waals surface area contributed by atoms with Crippen molar-refractivity contribution < 1.29 is 9.90 Å². The molecule has 1 saturated carbocycles. The summed E-state index contributed by atoms with van der Waals surface area (Å²) < 4.78 is 0. The fraction of sp³-hybridized carbons (Fsp3) is 0.562. The molecule has 104 valence electrons. The normalized spacial score (nSPS) is 15.7. The average Bonchev–Trinajstić information content (AvgIpc) is 2.89. The van der Waals surface area contributed by atoms with Gasteiger partial charge in [0.25, 0.3) is 0 Å². The van der Waals surface area contributed by atoms with Crippen molar-refractivity contribution in [2.75, 3.05) is 13.2 Å². The number of nitrogens with zero attached hydrogens (tertiary/aromatic N) is 1. The van der Waals surface area contributed by atoms with Gasteiger partial charge in [-0.05, 0) is 25.3 Å². The zero-order chi connectivity index (χ0) is 13.7. The number of carbonyl (C=O) groups is 1. The first-order valence-electron chi connectivity index (χ1n) is 7.16. The summed E-state index contributed by atoms with van der Waals surface area (Å²) in [6, 6.07) is 8.42. The minimum Gasteiger partial charge on any atom is -0.395 e. The SMILES string of the molecule is Cc1cccc(CC(=O)N(CCO)C2CCCC2)c1. The van der Waals surface area contributed by atoms with Crippen LogP contribution in [0.5, 0.6) is 0 Å². The standard InChI is InChI=1S/C16H23NO2/c1-13-5-4-6-14(11-13)12-16(19)17(9-10-18)15-7-2-3-8-15/h4-6,11,15,18H,2-3,7-10,12H2,1H3. The van der Waals surface area contributed by atoms with Gasteiger partial charge in [-0.25, -0.2) is 0 Å². The van der Waals surface area contributed by atoms with Crippen molar-refractivity contribution in [1.29, 1.82) is 0 Å². The van der Waals surface area contributed by atoms with Gasteiger partial charge in [-0.3, -0.25) is 4.79 Å². The molecule has 0 heterocycles. The Balaban J connectivity index is 2.02. The second-order valence-electron chi connectivity index (χ2n) is 5.41. The Bertz CT molecular complexity index is 425. The summed E-state index contributed by atoms with van der Waals surface area (Å²) in [5, 5.41) is 9.16. The maximum atomic E-state index is 12.4. The van der Waals surface area contributed by atoms with E-state index >= 15 is 0 Å². The molecule has 1 amide bonds. The van der Waals surface area contributed by atoms with Crippen molar-refractivity contribution >= 4 is 5.91 Å². The Morgan fingerprint density at radius 1 is 1.37 bits per heavy atom. The van der Waals surface area contributed by atoms with Crippen molar-refractivity contribution in [3.05, 3.63) is 35.4 Å². The minimum absolute atomic E-state index is 0.0516. The van der Waals surface area contributed by atoms with Gasteiger partial charge < -0.3 is 10.0 Å². The molecule has 3 heteroatoms. The molecule has 1 aliphatic rings. The molecule has 3 nitrogen and oxygen atoms in total. The summed E-state index contributed by atoms with van der Waals surface area (Å²) in [6.07, 6.45) is 5.01. The molecule has 2 rings (SSSR count). The third kappa shape index (κ3) is 3.80. The molecule has 0 saturated heterocycles. The average molecular weight is 261 g/mol. The molecule has 1 aromatic rings. The predicted octanol–water partition coefficient (Wildman–Crippen LogP) is 2.30. The highest BCUT2D eigenvalue weighted by Gasteiger charge is 2.25. The molecular formula is C16H23NO2. The van der Waals surface area contributed by atoms with E-state index in [4.69, 9.17) is 5.11 Å². The number of amides is 1. The third-order valence-corrected chi connectivity index (χ3v) is 3.86. The van der Waals surface area contributed by atoms with Crippen LogP contribution in [-0.4, -0.2) is 35.1 Å². The van der Waals surface area contributed by atoms with Crippen LogP contribution in [0.3, 0.4) is 0 Å². The zero-order valence-electron chi connectivity index (χ0n) is 11.6. The largest absolute Gasteiger partial charge is 0.395 e. The third-order valence-electron chi connectivity index (χ3n) is 3.86. The summed E-state index contributed by atoms with van der Waals surface area (Å²) in [5.74, 6) is 0.145. The van der Waals surface area contributed by atoms with Gasteiger partial charge in [-0.15, -0.1) is 0 Å². The molecule has 19 heavy (non-hydrogen) atoms. The van der Waals surface area contributed by atoms with Crippen molar-refractivity contribution in [3.8, 4) is 0 Å². The fourth-order valence-electron chi connectivity index (χ4n) is 2.93. The van der Waals surface area contributed by atoms with Crippen molar-refractivity contribution in [2.24, 2.45) is 0 Å². The highest BCUT2D eigenvalue weighted by molar-refractivity contribution is 5.79. The summed E-state index contributed by atoms with van der Waals surface area (Å²) >= 11 is 0. The smallest absolute Gasteiger partial charge is 0.227 e. The Hall–Kier alpha value is -1.35. The maximum absolute atomic E-state index is 12.4. The van der Waals surface area contributed by atoms with E-state index in [2.05, 4.69) is 6.07 Å². The number of benzene rings is 1. The van der Waals surface area contributed by atoms with E-state index in [1.165, 1.54) is 18.4 Å². The van der Waals surface area contributed by atoms with Crippen molar-refractivity contribution in [2.45, 2.75) is 45.1 Å². The van der Waals surface area contributed by atoms with Gasteiger partial charge in [0.05, 0.1) is 13.0 Å². The van der Waals surface area contributed by atoms with E-state index in [-0.39, 0.29) is 12.5 Å². The van der Waals surface area contributed by atoms with Gasteiger partial charge in [0.15, 0.2) is 0 Å². The van der Waals surface area contributed by atoms with E-state index in [0.29, 0.717) is 19.0 Å². The number of aliphatic hydroxyl groups excluding tert-OH is 1. The Labute approximate surface area is 115 Å². The zero-order valence-corrected chi connectivity index (χ0v) is 11.6. The van der Waals surface area contributed by atoms with Crippen LogP contribution in [0.4, 0.5) is 0 Å². The Morgan fingerprint density at radius 2 is 2.11 bits per heavy atom. The lowest BCUT2D eigenvalue weighted by atomic mass is 10.1. The first-order valence-corrected chi connectivity index (χ1v) is 7.16. The number of hydrogen-bond donors (Lipinski definition) is 1. The quantitative estimate of drug-likeness (QED) is 0.883. The number of hydrogen-bond acceptors (Lipinski definition) is 2. The van der Waals surface area contributed by atoms with Gasteiger partial charge in [0.1, 0.15) is 0 Å². The Morgan fingerprint density at radius 3 is 2.74 bits per heavy atom. The first kappa shape index (κ1) is 14.1. The van der Waals surface area contributed by atoms with E-state index in [0.717, 1.165) is 18.4 Å². The molecule has 1 aromatic carbocycles. The molecule has 0 aliphatic heterocycles. The van der Waals surface area contributed by atoms with E-state index in [1.807, 2.05) is 30.0 Å². The molecule has 0 aromatic heterocycles. The second-order valence-corrected chi connectivity index (χ2v) is 5.41. The molecule has 0 spiro atoms. The predicted molar refractivity (Wildman–Crippen MR) is 75.9 cm³/mol. The van der Waals surface area contributed by atoms with Gasteiger partial charge in [-0.1, -0.05) is 42.7 Å². The lowest BCUT2D eigenvalue weighted by Gasteiger charge is -2.28. The molecule has 0 atom stereocenters. The first-order chi connectivity index (χ1) is 9.20. The van der Waals surface area contributed by atoms with Crippen molar-refractivity contribution in [3.63, 3.8) is 0 Å². The Kier molecular flexibility index (Phi) is 4.97. The summed E-state index contributed by atoms with van der Waals surface area (Å²) in [6.45, 7) is 2.56. The molecule has 0 radical (unpaired) electrons. The summed E-state index contributed by atoms with van der Waals surface area (Å²) in [5.41, 5.74) is 2.24. The van der Waals surface area contributed by atoms with Crippen LogP contribution in [0.15, 0.2) is 24.3 Å². The molecular weight excluding hydrogens is 238 g/mol. The van der Waals surface area contributed by atoms with Crippen LogP contribution in [0, 0.1) is 6.92 Å². The lowest BCUT2D eigenvalue weighted by Crippen LogP contribution is -2.41. The van der Waals surface area contributed by atoms with E-state index < -0.39 is 0 Å². The van der Waals surface area contributed by atoms with Crippen LogP contribution in [-0.2, 0) is 11.2 Å². The molecule has 1 aliphatic carbocycles. The molecule has 0 unspecified atom stereocenters. The monoisotopic (exact) mass is 261 g/mol. The molecule has 0 bridgehead atoms. The van der Waals surface area contributed by atoms with Crippen molar-refractivity contribution in [1.82, 2.24) is 4.90 Å². The van der Waals surface area contributed by atoms with Crippen LogP contribution < -0.4 is 0 Å². The molecule has 1 N–H and O–H groups in total. The maximum Gasteiger partial charge on any atom is 0.227 e. The highest BCUT2D eigenvalue weighted by Crippen LogP contribution is 2.24. The van der Waals surface area contributed by atoms with Gasteiger partial charge >= 0.3 is 0 Å².